The second-order valence-corrected chi connectivity index (χ2v) is 5.16. The van der Waals surface area contributed by atoms with E-state index in [4.69, 9.17) is 0 Å². The molecule has 2 aromatic carbocycles. The molecular formula is C18H14N2O3. The number of hydrogen-bond acceptors (Lipinski definition) is 3. The summed E-state index contributed by atoms with van der Waals surface area (Å²) >= 11 is 0. The Morgan fingerprint density at radius 2 is 1.78 bits per heavy atom. The monoisotopic (exact) mass is 306 g/mol. The summed E-state index contributed by atoms with van der Waals surface area (Å²) in [5.74, 6) is -1.17. The van der Waals surface area contributed by atoms with Crippen LogP contribution < -0.4 is 0 Å². The Labute approximate surface area is 132 Å². The molecule has 1 N–H and O–H groups in total. The molecule has 0 bridgehead atoms. The van der Waals surface area contributed by atoms with Gasteiger partial charge in [-0.1, -0.05) is 30.3 Å². The zero-order chi connectivity index (χ0) is 16.4. The Hall–Kier alpha value is -3.21. The maximum Gasteiger partial charge on any atom is 0.338 e. The van der Waals surface area contributed by atoms with Crippen molar-refractivity contribution >= 4 is 11.7 Å². The van der Waals surface area contributed by atoms with Crippen LogP contribution in [0.3, 0.4) is 0 Å². The lowest BCUT2D eigenvalue weighted by atomic mass is 10.1. The van der Waals surface area contributed by atoms with Crippen molar-refractivity contribution in [2.45, 2.75) is 6.92 Å². The number of carbonyl (C=O) groups is 1. The third kappa shape index (κ3) is 2.64. The quantitative estimate of drug-likeness (QED) is 0.719. The molecule has 5 nitrogen and oxygen atoms in total. The van der Waals surface area contributed by atoms with Gasteiger partial charge in [0.15, 0.2) is 0 Å². The van der Waals surface area contributed by atoms with Crippen LogP contribution in [0.4, 0.5) is 5.69 Å². The summed E-state index contributed by atoms with van der Waals surface area (Å²) in [6.45, 7) is 1.94. The highest BCUT2D eigenvalue weighted by atomic mass is 16.4. The molecule has 0 amide bonds. The molecule has 3 rings (SSSR count). The Morgan fingerprint density at radius 3 is 2.43 bits per heavy atom. The van der Waals surface area contributed by atoms with Crippen molar-refractivity contribution in [3.05, 3.63) is 76.8 Å². The van der Waals surface area contributed by atoms with Gasteiger partial charge < -0.3 is 9.67 Å². The van der Waals surface area contributed by atoms with E-state index in [-0.39, 0.29) is 11.3 Å². The fourth-order valence-corrected chi connectivity index (χ4v) is 2.63. The zero-order valence-corrected chi connectivity index (χ0v) is 12.4. The number of carboxylic acid groups (broad SMARTS) is 1. The summed E-state index contributed by atoms with van der Waals surface area (Å²) in [5, 5.41) is 12.0. The van der Waals surface area contributed by atoms with Crippen molar-refractivity contribution in [2.24, 2.45) is 5.18 Å². The average Bonchev–Trinajstić information content (AvgIpc) is 2.96. The van der Waals surface area contributed by atoms with E-state index in [0.717, 1.165) is 17.0 Å². The molecular weight excluding hydrogens is 292 g/mol. The maximum absolute atomic E-state index is 11.3. The Morgan fingerprint density at radius 1 is 1.04 bits per heavy atom. The normalized spacial score (nSPS) is 10.5. The Kier molecular flexibility index (Phi) is 3.76. The highest BCUT2D eigenvalue weighted by Gasteiger charge is 2.15. The number of nitroso groups, excluding NO2 is 1. The molecule has 0 radical (unpaired) electrons. The topological polar surface area (TPSA) is 71.7 Å². The van der Waals surface area contributed by atoms with Crippen LogP contribution in [0.25, 0.3) is 16.9 Å². The summed E-state index contributed by atoms with van der Waals surface area (Å²) in [7, 11) is 0. The van der Waals surface area contributed by atoms with E-state index >= 15 is 0 Å². The molecule has 114 valence electrons. The second-order valence-electron chi connectivity index (χ2n) is 5.16. The van der Waals surface area contributed by atoms with Gasteiger partial charge in [-0.25, -0.2) is 4.79 Å². The molecule has 5 heteroatoms. The molecule has 0 aliphatic heterocycles. The summed E-state index contributed by atoms with van der Waals surface area (Å²) in [6, 6.07) is 18.4. The number of aromatic nitrogens is 1. The highest BCUT2D eigenvalue weighted by Crippen LogP contribution is 2.29. The molecule has 3 aromatic rings. The molecule has 0 saturated heterocycles. The minimum atomic E-state index is -1.17. The number of benzene rings is 2. The summed E-state index contributed by atoms with van der Waals surface area (Å²) < 4.78 is 1.95. The molecule has 0 atom stereocenters. The molecule has 1 heterocycles. The summed E-state index contributed by atoms with van der Waals surface area (Å²) in [4.78, 5) is 22.1. The van der Waals surface area contributed by atoms with Gasteiger partial charge in [-0.3, -0.25) is 0 Å². The summed E-state index contributed by atoms with van der Waals surface area (Å²) in [5.41, 5.74) is 3.43. The van der Waals surface area contributed by atoms with E-state index in [2.05, 4.69) is 5.18 Å². The van der Waals surface area contributed by atoms with Crippen LogP contribution in [0.5, 0.6) is 0 Å². The smallest absolute Gasteiger partial charge is 0.338 e. The van der Waals surface area contributed by atoms with Gasteiger partial charge in [-0.05, 0) is 48.0 Å². The lowest BCUT2D eigenvalue weighted by molar-refractivity contribution is 0.0698. The van der Waals surface area contributed by atoms with Crippen LogP contribution in [-0.2, 0) is 0 Å². The number of carboxylic acids is 1. The number of rotatable bonds is 4. The van der Waals surface area contributed by atoms with Gasteiger partial charge in [0, 0.05) is 11.4 Å². The predicted molar refractivity (Wildman–Crippen MR) is 88.4 cm³/mol. The molecule has 0 aliphatic carbocycles. The molecule has 23 heavy (non-hydrogen) atoms. The van der Waals surface area contributed by atoms with E-state index in [1.54, 1.807) is 6.07 Å². The van der Waals surface area contributed by atoms with Crippen LogP contribution in [0.1, 0.15) is 16.1 Å². The Bertz CT molecular complexity index is 883. The summed E-state index contributed by atoms with van der Waals surface area (Å²) in [6.07, 6.45) is 0. The van der Waals surface area contributed by atoms with Gasteiger partial charge in [-0.15, -0.1) is 4.91 Å². The largest absolute Gasteiger partial charge is 0.478 e. The average molecular weight is 306 g/mol. The second kappa shape index (κ2) is 5.88. The van der Waals surface area contributed by atoms with Crippen LogP contribution in [0.15, 0.2) is 65.8 Å². The van der Waals surface area contributed by atoms with E-state index in [1.165, 1.54) is 12.1 Å². The van der Waals surface area contributed by atoms with Crippen LogP contribution in [0.2, 0.25) is 0 Å². The number of aromatic carboxylic acids is 1. The number of nitrogens with zero attached hydrogens (tertiary/aromatic N) is 2. The minimum absolute atomic E-state index is 0.0766. The maximum atomic E-state index is 11.3. The van der Waals surface area contributed by atoms with E-state index in [9.17, 15) is 14.8 Å². The third-order valence-electron chi connectivity index (χ3n) is 3.71. The van der Waals surface area contributed by atoms with Gasteiger partial charge in [0.1, 0.15) is 5.69 Å². The van der Waals surface area contributed by atoms with E-state index in [0.29, 0.717) is 5.69 Å². The van der Waals surface area contributed by atoms with Crippen molar-refractivity contribution in [3.63, 3.8) is 0 Å². The molecule has 0 fully saturated rings. The lowest BCUT2D eigenvalue weighted by Gasteiger charge is -2.13. The SMILES string of the molecule is Cc1ccc(-c2ccccc2)n1-c1ccc(N=O)c(C(=O)O)c1. The first-order chi connectivity index (χ1) is 11.1. The lowest BCUT2D eigenvalue weighted by Crippen LogP contribution is -2.03. The first-order valence-corrected chi connectivity index (χ1v) is 7.06. The van der Waals surface area contributed by atoms with Crippen molar-refractivity contribution < 1.29 is 9.90 Å². The Balaban J connectivity index is 2.20. The molecule has 0 saturated carbocycles. The van der Waals surface area contributed by atoms with Crippen molar-refractivity contribution in [3.8, 4) is 16.9 Å². The minimum Gasteiger partial charge on any atom is -0.478 e. The molecule has 0 aliphatic rings. The highest BCUT2D eigenvalue weighted by molar-refractivity contribution is 5.94. The van der Waals surface area contributed by atoms with Gasteiger partial charge >= 0.3 is 5.97 Å². The fraction of sp³-hybridized carbons (Fsp3) is 0.0556. The van der Waals surface area contributed by atoms with Crippen LogP contribution >= 0.6 is 0 Å². The predicted octanol–water partition coefficient (Wildman–Crippen LogP) is 4.55. The van der Waals surface area contributed by atoms with Gasteiger partial charge in [0.05, 0.1) is 11.3 Å². The van der Waals surface area contributed by atoms with Gasteiger partial charge in [0.25, 0.3) is 0 Å². The zero-order valence-electron chi connectivity index (χ0n) is 12.4. The van der Waals surface area contributed by atoms with Crippen LogP contribution in [-0.4, -0.2) is 15.6 Å². The fourth-order valence-electron chi connectivity index (χ4n) is 2.63. The van der Waals surface area contributed by atoms with Crippen molar-refractivity contribution in [2.75, 3.05) is 0 Å². The number of hydrogen-bond donors (Lipinski definition) is 1. The van der Waals surface area contributed by atoms with Crippen molar-refractivity contribution in [1.29, 1.82) is 0 Å². The first kappa shape index (κ1) is 14.7. The molecule has 0 spiro atoms. The van der Waals surface area contributed by atoms with Crippen LogP contribution in [0, 0.1) is 11.8 Å². The van der Waals surface area contributed by atoms with Crippen molar-refractivity contribution in [1.82, 2.24) is 4.57 Å². The van der Waals surface area contributed by atoms with E-state index in [1.807, 2.05) is 54.0 Å². The molecule has 0 unspecified atom stereocenters. The van der Waals surface area contributed by atoms with Gasteiger partial charge in [0.2, 0.25) is 0 Å². The third-order valence-corrected chi connectivity index (χ3v) is 3.71. The first-order valence-electron chi connectivity index (χ1n) is 7.06. The number of aryl methyl sites for hydroxylation is 1. The molecule has 1 aromatic heterocycles. The van der Waals surface area contributed by atoms with Gasteiger partial charge in [-0.2, -0.15) is 0 Å². The standard InChI is InChI=1S/C18H14N2O3/c1-12-7-10-17(13-5-3-2-4-6-13)20(12)14-8-9-16(19-23)15(11-14)18(21)22/h2-11H,1H3,(H,21,22). The van der Waals surface area contributed by atoms with E-state index < -0.39 is 5.97 Å².